The smallest absolute Gasteiger partial charge is 0.310 e. The van der Waals surface area contributed by atoms with Gasteiger partial charge in [-0.2, -0.15) is 0 Å². The van der Waals surface area contributed by atoms with Gasteiger partial charge in [-0.05, 0) is 68.0 Å². The lowest BCUT2D eigenvalue weighted by Crippen LogP contribution is -2.35. The lowest BCUT2D eigenvalue weighted by Gasteiger charge is -2.23. The molecule has 2 aliphatic carbocycles. The summed E-state index contributed by atoms with van der Waals surface area (Å²) in [4.78, 5) is 37.9. The first-order chi connectivity index (χ1) is 14.4. The van der Waals surface area contributed by atoms with Gasteiger partial charge in [-0.3, -0.25) is 14.4 Å². The Hall–Kier alpha value is -3.15. The molecular formula is C24H24N2O4. The average Bonchev–Trinajstić information content (AvgIpc) is 3.34. The number of hydrogen-bond donors (Lipinski definition) is 2. The summed E-state index contributed by atoms with van der Waals surface area (Å²) in [6.07, 6.45) is 1.68. The van der Waals surface area contributed by atoms with Crippen LogP contribution >= 0.6 is 0 Å². The molecule has 2 aromatic rings. The Bertz CT molecular complexity index is 1060. The van der Waals surface area contributed by atoms with Gasteiger partial charge in [-0.1, -0.05) is 18.2 Å². The molecule has 2 amide bonds. The number of ether oxygens (including phenoxy) is 1. The van der Waals surface area contributed by atoms with Gasteiger partial charge in [0, 0.05) is 22.9 Å². The highest BCUT2D eigenvalue weighted by Crippen LogP contribution is 2.57. The summed E-state index contributed by atoms with van der Waals surface area (Å²) in [7, 11) is 0. The van der Waals surface area contributed by atoms with E-state index in [4.69, 9.17) is 4.74 Å². The first-order valence-electron chi connectivity index (χ1n) is 10.4. The average molecular weight is 404 g/mol. The zero-order valence-electron chi connectivity index (χ0n) is 17.0. The summed E-state index contributed by atoms with van der Waals surface area (Å²) >= 11 is 0. The molecule has 2 saturated carbocycles. The maximum atomic E-state index is 13.0. The molecule has 1 saturated heterocycles. The minimum atomic E-state index is -0.339. The number of nitrogens with one attached hydrogen (secondary N) is 2. The van der Waals surface area contributed by atoms with Gasteiger partial charge in [0.15, 0.2) is 0 Å². The van der Waals surface area contributed by atoms with E-state index in [0.717, 1.165) is 29.7 Å². The number of carbonyl (C=O) groups excluding carboxylic acids is 3. The van der Waals surface area contributed by atoms with Crippen LogP contribution < -0.4 is 10.6 Å². The van der Waals surface area contributed by atoms with E-state index in [1.807, 2.05) is 32.0 Å². The molecule has 6 nitrogen and oxygen atoms in total. The van der Waals surface area contributed by atoms with E-state index in [1.54, 1.807) is 24.3 Å². The van der Waals surface area contributed by atoms with E-state index in [-0.39, 0.29) is 47.6 Å². The van der Waals surface area contributed by atoms with Gasteiger partial charge in [0.2, 0.25) is 5.91 Å². The first-order valence-corrected chi connectivity index (χ1v) is 10.4. The Kier molecular flexibility index (Phi) is 4.38. The SMILES string of the molecule is Cc1cccc(NC(=O)c2cccc(NC(=O)[C@H]3[C@@H]4C[C@H]5[C@@H]3C(=O)O[C@@H]5C4)c2)c1C. The number of carbonyl (C=O) groups is 3. The highest BCUT2D eigenvalue weighted by atomic mass is 16.6. The third-order valence-electron chi connectivity index (χ3n) is 7.03. The van der Waals surface area contributed by atoms with Crippen molar-refractivity contribution >= 4 is 29.2 Å². The zero-order chi connectivity index (χ0) is 21.0. The summed E-state index contributed by atoms with van der Waals surface area (Å²) < 4.78 is 5.42. The van der Waals surface area contributed by atoms with Crippen molar-refractivity contribution in [1.82, 2.24) is 0 Å². The molecule has 0 aromatic heterocycles. The molecule has 6 heteroatoms. The topological polar surface area (TPSA) is 84.5 Å². The standard InChI is InChI=1S/C24H24N2O4/c1-12-5-3-8-18(13(12)2)26-22(27)14-6-4-7-16(9-14)25-23(28)20-15-10-17-19(11-15)30-24(29)21(17)20/h3-9,15,17,19-21H,10-11H2,1-2H3,(H,25,28)(H,26,27)/t15-,17-,19-,20+,21+/m1/s1. The van der Waals surface area contributed by atoms with Gasteiger partial charge in [0.05, 0.1) is 11.8 Å². The van der Waals surface area contributed by atoms with Gasteiger partial charge in [0.1, 0.15) is 6.10 Å². The van der Waals surface area contributed by atoms with E-state index in [1.165, 1.54) is 0 Å². The molecule has 5 rings (SSSR count). The second-order valence-corrected chi connectivity index (χ2v) is 8.69. The van der Waals surface area contributed by atoms with Crippen LogP contribution in [0.5, 0.6) is 0 Å². The molecular weight excluding hydrogens is 380 g/mol. The van der Waals surface area contributed by atoms with Crippen molar-refractivity contribution in [1.29, 1.82) is 0 Å². The first kappa shape index (κ1) is 18.9. The van der Waals surface area contributed by atoms with Crippen LogP contribution in [-0.2, 0) is 14.3 Å². The molecule has 2 N–H and O–H groups in total. The molecule has 5 atom stereocenters. The van der Waals surface area contributed by atoms with E-state index < -0.39 is 0 Å². The highest BCUT2D eigenvalue weighted by Gasteiger charge is 2.63. The Labute approximate surface area is 175 Å². The van der Waals surface area contributed by atoms with Crippen molar-refractivity contribution in [2.75, 3.05) is 10.6 Å². The van der Waals surface area contributed by atoms with E-state index in [9.17, 15) is 14.4 Å². The molecule has 2 aromatic carbocycles. The highest BCUT2D eigenvalue weighted by molar-refractivity contribution is 6.06. The number of esters is 1. The molecule has 1 aliphatic heterocycles. The predicted octanol–water partition coefficient (Wildman–Crippen LogP) is 3.69. The number of fused-ring (bicyclic) bond motifs is 1. The number of rotatable bonds is 4. The van der Waals surface area contributed by atoms with E-state index >= 15 is 0 Å². The van der Waals surface area contributed by atoms with Crippen LogP contribution in [0.25, 0.3) is 0 Å². The van der Waals surface area contributed by atoms with Gasteiger partial charge >= 0.3 is 5.97 Å². The van der Waals surface area contributed by atoms with Gasteiger partial charge in [0.25, 0.3) is 5.91 Å². The van der Waals surface area contributed by atoms with E-state index in [0.29, 0.717) is 11.3 Å². The molecule has 1 heterocycles. The van der Waals surface area contributed by atoms with Crippen LogP contribution in [0.4, 0.5) is 11.4 Å². The van der Waals surface area contributed by atoms with Crippen LogP contribution in [0.15, 0.2) is 42.5 Å². The third-order valence-corrected chi connectivity index (χ3v) is 7.03. The number of amides is 2. The molecule has 3 aliphatic rings. The molecule has 0 spiro atoms. The van der Waals surface area contributed by atoms with E-state index in [2.05, 4.69) is 10.6 Å². The largest absolute Gasteiger partial charge is 0.462 e. The zero-order valence-corrected chi connectivity index (χ0v) is 17.0. The fourth-order valence-corrected chi connectivity index (χ4v) is 5.41. The van der Waals surface area contributed by atoms with Crippen molar-refractivity contribution in [2.45, 2.75) is 32.8 Å². The molecule has 154 valence electrons. The molecule has 0 unspecified atom stereocenters. The quantitative estimate of drug-likeness (QED) is 0.761. The van der Waals surface area contributed by atoms with Crippen LogP contribution in [0.2, 0.25) is 0 Å². The third kappa shape index (κ3) is 2.98. The predicted molar refractivity (Wildman–Crippen MR) is 112 cm³/mol. The Morgan fingerprint density at radius 3 is 2.67 bits per heavy atom. The second-order valence-electron chi connectivity index (χ2n) is 8.69. The van der Waals surface area contributed by atoms with Gasteiger partial charge < -0.3 is 15.4 Å². The molecule has 3 fully saturated rings. The van der Waals surface area contributed by atoms with Gasteiger partial charge in [-0.15, -0.1) is 0 Å². The Morgan fingerprint density at radius 2 is 1.83 bits per heavy atom. The summed E-state index contributed by atoms with van der Waals surface area (Å²) in [6, 6.07) is 12.7. The minimum Gasteiger partial charge on any atom is -0.462 e. The van der Waals surface area contributed by atoms with Crippen molar-refractivity contribution in [3.8, 4) is 0 Å². The van der Waals surface area contributed by atoms with Crippen LogP contribution in [0.1, 0.15) is 34.3 Å². The minimum absolute atomic E-state index is 0.00801. The normalized spacial score (nSPS) is 28.3. The van der Waals surface area contributed by atoms with Crippen molar-refractivity contribution < 1.29 is 19.1 Å². The Morgan fingerprint density at radius 1 is 1.03 bits per heavy atom. The fourth-order valence-electron chi connectivity index (χ4n) is 5.41. The number of anilines is 2. The maximum absolute atomic E-state index is 13.0. The monoisotopic (exact) mass is 404 g/mol. The van der Waals surface area contributed by atoms with Crippen molar-refractivity contribution in [3.05, 3.63) is 59.2 Å². The summed E-state index contributed by atoms with van der Waals surface area (Å²) in [6.45, 7) is 3.97. The molecule has 2 bridgehead atoms. The Balaban J connectivity index is 1.31. The van der Waals surface area contributed by atoms with Crippen LogP contribution in [0.3, 0.4) is 0 Å². The van der Waals surface area contributed by atoms with Crippen molar-refractivity contribution in [3.63, 3.8) is 0 Å². The number of hydrogen-bond acceptors (Lipinski definition) is 4. The van der Waals surface area contributed by atoms with Gasteiger partial charge in [-0.25, -0.2) is 0 Å². The lowest BCUT2D eigenvalue weighted by molar-refractivity contribution is -0.145. The summed E-state index contributed by atoms with van der Waals surface area (Å²) in [5.74, 6) is -0.885. The number of aryl methyl sites for hydroxylation is 1. The maximum Gasteiger partial charge on any atom is 0.310 e. The van der Waals surface area contributed by atoms with Crippen molar-refractivity contribution in [2.24, 2.45) is 23.7 Å². The summed E-state index contributed by atoms with van der Waals surface area (Å²) in [5, 5.41) is 5.86. The molecule has 0 radical (unpaired) electrons. The number of benzene rings is 2. The molecule has 30 heavy (non-hydrogen) atoms. The lowest BCUT2D eigenvalue weighted by atomic mass is 9.79. The second kappa shape index (κ2) is 6.97. The fraction of sp³-hybridized carbons (Fsp3) is 0.375. The van der Waals surface area contributed by atoms with Crippen LogP contribution in [0, 0.1) is 37.5 Å². The summed E-state index contributed by atoms with van der Waals surface area (Å²) in [5.41, 5.74) is 3.91. The van der Waals surface area contributed by atoms with Crippen LogP contribution in [-0.4, -0.2) is 23.9 Å².